The van der Waals surface area contributed by atoms with E-state index in [1.54, 1.807) is 36.4 Å². The summed E-state index contributed by atoms with van der Waals surface area (Å²) in [6.07, 6.45) is 0. The molecule has 7 heteroatoms. The number of aromatic nitrogens is 4. The second-order valence-corrected chi connectivity index (χ2v) is 5.20. The van der Waals surface area contributed by atoms with Crippen molar-refractivity contribution in [1.82, 2.24) is 19.6 Å². The molecule has 0 fully saturated rings. The second-order valence-electron chi connectivity index (χ2n) is 4.77. The third kappa shape index (κ3) is 1.88. The highest BCUT2D eigenvalue weighted by Crippen LogP contribution is 2.21. The van der Waals surface area contributed by atoms with E-state index >= 15 is 0 Å². The first-order chi connectivity index (χ1) is 10.6. The van der Waals surface area contributed by atoms with Gasteiger partial charge in [-0.2, -0.15) is 0 Å². The van der Waals surface area contributed by atoms with E-state index in [0.717, 1.165) is 0 Å². The Labute approximate surface area is 128 Å². The van der Waals surface area contributed by atoms with Crippen molar-refractivity contribution in [2.24, 2.45) is 0 Å². The van der Waals surface area contributed by atoms with Crippen molar-refractivity contribution >= 4 is 28.3 Å². The fraction of sp³-hybridized carbons (Fsp3) is 0. The molecule has 5 nitrogen and oxygen atoms in total. The number of hydrogen-bond donors (Lipinski definition) is 1. The van der Waals surface area contributed by atoms with Gasteiger partial charge in [0.2, 0.25) is 5.65 Å². The van der Waals surface area contributed by atoms with Gasteiger partial charge in [-0.25, -0.2) is 13.9 Å². The number of nitrogens with zero attached hydrogens (tertiary/aromatic N) is 3. The zero-order chi connectivity index (χ0) is 15.3. The summed E-state index contributed by atoms with van der Waals surface area (Å²) >= 11 is 5.99. The fourth-order valence-corrected chi connectivity index (χ4v) is 2.51. The lowest BCUT2D eigenvalue weighted by molar-refractivity contribution is 0.630. The van der Waals surface area contributed by atoms with Gasteiger partial charge in [0.15, 0.2) is 5.82 Å². The van der Waals surface area contributed by atoms with Gasteiger partial charge in [0.1, 0.15) is 5.82 Å². The summed E-state index contributed by atoms with van der Waals surface area (Å²) in [5.41, 5.74) is 1.10. The lowest BCUT2D eigenvalue weighted by atomic mass is 10.2. The Bertz CT molecular complexity index is 1090. The van der Waals surface area contributed by atoms with Gasteiger partial charge in [0.25, 0.3) is 5.56 Å². The molecule has 0 radical (unpaired) electrons. The predicted octanol–water partition coefficient (Wildman–Crippen LogP) is 3.03. The molecule has 0 atom stereocenters. The quantitative estimate of drug-likeness (QED) is 0.587. The molecule has 2 aromatic heterocycles. The summed E-state index contributed by atoms with van der Waals surface area (Å²) in [6, 6.07) is 11.2. The minimum atomic E-state index is -0.447. The molecular weight excluding hydrogens is 307 g/mol. The average Bonchev–Trinajstić information content (AvgIpc) is 2.94. The monoisotopic (exact) mass is 314 g/mol. The van der Waals surface area contributed by atoms with Gasteiger partial charge < -0.3 is 4.98 Å². The minimum absolute atomic E-state index is 0.0908. The van der Waals surface area contributed by atoms with Crippen LogP contribution >= 0.6 is 11.6 Å². The topological polar surface area (TPSA) is 63.0 Å². The maximum absolute atomic E-state index is 13.9. The lowest BCUT2D eigenvalue weighted by Crippen LogP contribution is -2.11. The van der Waals surface area contributed by atoms with E-state index in [9.17, 15) is 9.18 Å². The molecule has 0 saturated heterocycles. The molecule has 108 valence electrons. The van der Waals surface area contributed by atoms with E-state index in [1.807, 2.05) is 0 Å². The first-order valence-electron chi connectivity index (χ1n) is 6.47. The molecule has 1 N–H and O–H groups in total. The third-order valence-corrected chi connectivity index (χ3v) is 3.60. The van der Waals surface area contributed by atoms with Crippen molar-refractivity contribution in [1.29, 1.82) is 0 Å². The summed E-state index contributed by atoms with van der Waals surface area (Å²) in [5, 5.41) is 4.76. The van der Waals surface area contributed by atoms with Crippen molar-refractivity contribution in [3.05, 3.63) is 63.7 Å². The van der Waals surface area contributed by atoms with Gasteiger partial charge in [-0.15, -0.1) is 5.10 Å². The zero-order valence-electron chi connectivity index (χ0n) is 11.0. The van der Waals surface area contributed by atoms with Crippen LogP contribution in [-0.2, 0) is 0 Å². The van der Waals surface area contributed by atoms with Gasteiger partial charge in [-0.3, -0.25) is 4.79 Å². The van der Waals surface area contributed by atoms with Gasteiger partial charge in [0.05, 0.1) is 16.6 Å². The van der Waals surface area contributed by atoms with E-state index < -0.39 is 11.4 Å². The SMILES string of the molecule is O=c1[nH]c2ccc(Cl)cc2n2nc(-c3ccccc3F)nc12. The van der Waals surface area contributed by atoms with Crippen LogP contribution in [0.15, 0.2) is 47.3 Å². The molecule has 0 saturated carbocycles. The van der Waals surface area contributed by atoms with Crippen LogP contribution in [0.1, 0.15) is 0 Å². The highest BCUT2D eigenvalue weighted by Gasteiger charge is 2.14. The summed E-state index contributed by atoms with van der Waals surface area (Å²) in [5.74, 6) is -0.298. The third-order valence-electron chi connectivity index (χ3n) is 3.36. The highest BCUT2D eigenvalue weighted by atomic mass is 35.5. The van der Waals surface area contributed by atoms with Crippen LogP contribution in [0.25, 0.3) is 28.1 Å². The van der Waals surface area contributed by atoms with Crippen molar-refractivity contribution in [3.63, 3.8) is 0 Å². The fourth-order valence-electron chi connectivity index (χ4n) is 2.35. The number of nitrogens with one attached hydrogen (secondary N) is 1. The molecule has 22 heavy (non-hydrogen) atoms. The van der Waals surface area contributed by atoms with E-state index in [0.29, 0.717) is 16.1 Å². The number of H-pyrrole nitrogens is 1. The van der Waals surface area contributed by atoms with E-state index in [-0.39, 0.29) is 17.0 Å². The van der Waals surface area contributed by atoms with Crippen molar-refractivity contribution in [3.8, 4) is 11.4 Å². The maximum atomic E-state index is 13.9. The van der Waals surface area contributed by atoms with E-state index in [2.05, 4.69) is 15.1 Å². The normalized spacial score (nSPS) is 11.4. The smallest absolute Gasteiger partial charge is 0.293 e. The average molecular weight is 315 g/mol. The van der Waals surface area contributed by atoms with E-state index in [4.69, 9.17) is 11.6 Å². The number of aromatic amines is 1. The Morgan fingerprint density at radius 2 is 2.00 bits per heavy atom. The first kappa shape index (κ1) is 13.0. The number of fused-ring (bicyclic) bond motifs is 3. The standard InChI is InChI=1S/C15H8ClFN4O/c16-8-5-6-11-12(7-8)21-14(15(22)18-11)19-13(20-21)9-3-1-2-4-10(9)17/h1-7H,(H,18,22). The molecule has 0 spiro atoms. The maximum Gasteiger partial charge on any atom is 0.293 e. The molecule has 0 aliphatic heterocycles. The Morgan fingerprint density at radius 1 is 1.18 bits per heavy atom. The second kappa shape index (κ2) is 4.64. The Kier molecular flexibility index (Phi) is 2.74. The largest absolute Gasteiger partial charge is 0.317 e. The molecule has 0 unspecified atom stereocenters. The summed E-state index contributed by atoms with van der Waals surface area (Å²) in [4.78, 5) is 19.0. The molecule has 4 rings (SSSR count). The van der Waals surface area contributed by atoms with Gasteiger partial charge in [-0.05, 0) is 30.3 Å². The lowest BCUT2D eigenvalue weighted by Gasteiger charge is -2.00. The Balaban J connectivity index is 2.11. The van der Waals surface area contributed by atoms with Crippen LogP contribution in [0.4, 0.5) is 4.39 Å². The molecule has 0 aliphatic carbocycles. The molecule has 2 aromatic carbocycles. The van der Waals surface area contributed by atoms with Crippen molar-refractivity contribution < 1.29 is 4.39 Å². The van der Waals surface area contributed by atoms with Gasteiger partial charge in [-0.1, -0.05) is 23.7 Å². The molecule has 4 aromatic rings. The number of benzene rings is 2. The van der Waals surface area contributed by atoms with Crippen LogP contribution < -0.4 is 5.56 Å². The van der Waals surface area contributed by atoms with Gasteiger partial charge in [0, 0.05) is 5.02 Å². The number of rotatable bonds is 1. The van der Waals surface area contributed by atoms with Crippen LogP contribution in [-0.4, -0.2) is 19.6 Å². The zero-order valence-corrected chi connectivity index (χ0v) is 11.8. The van der Waals surface area contributed by atoms with Crippen molar-refractivity contribution in [2.45, 2.75) is 0 Å². The summed E-state index contributed by atoms with van der Waals surface area (Å²) in [7, 11) is 0. The Hall–Kier alpha value is -2.73. The van der Waals surface area contributed by atoms with Crippen molar-refractivity contribution in [2.75, 3.05) is 0 Å². The van der Waals surface area contributed by atoms with Gasteiger partial charge >= 0.3 is 0 Å². The molecule has 2 heterocycles. The number of halogens is 2. The first-order valence-corrected chi connectivity index (χ1v) is 6.84. The van der Waals surface area contributed by atoms with Crippen LogP contribution in [0.2, 0.25) is 5.02 Å². The van der Waals surface area contributed by atoms with Crippen LogP contribution in [0, 0.1) is 5.82 Å². The Morgan fingerprint density at radius 3 is 2.82 bits per heavy atom. The highest BCUT2D eigenvalue weighted by molar-refractivity contribution is 6.31. The molecule has 0 aliphatic rings. The summed E-state index contributed by atoms with van der Waals surface area (Å²) < 4.78 is 15.3. The van der Waals surface area contributed by atoms with E-state index in [1.165, 1.54) is 10.6 Å². The molecular formula is C15H8ClFN4O. The molecule has 0 bridgehead atoms. The van der Waals surface area contributed by atoms with Crippen LogP contribution in [0.3, 0.4) is 0 Å². The minimum Gasteiger partial charge on any atom is -0.317 e. The number of hydrogen-bond acceptors (Lipinski definition) is 3. The summed E-state index contributed by atoms with van der Waals surface area (Å²) in [6.45, 7) is 0. The molecule has 0 amide bonds. The predicted molar refractivity (Wildman–Crippen MR) is 81.5 cm³/mol. The van der Waals surface area contributed by atoms with Crippen LogP contribution in [0.5, 0.6) is 0 Å².